The molecule has 0 saturated heterocycles. The van der Waals surface area contributed by atoms with Crippen molar-refractivity contribution in [2.45, 2.75) is 51.5 Å². The van der Waals surface area contributed by atoms with Crippen LogP contribution in [0.4, 0.5) is 0 Å². The molecule has 2 rings (SSSR count). The highest BCUT2D eigenvalue weighted by Crippen LogP contribution is 2.28. The molecule has 1 saturated carbocycles. The van der Waals surface area contributed by atoms with Gasteiger partial charge in [-0.1, -0.05) is 19.3 Å². The highest BCUT2D eigenvalue weighted by atomic mass is 16.3. The Morgan fingerprint density at radius 1 is 1.50 bits per heavy atom. The van der Waals surface area contributed by atoms with Crippen molar-refractivity contribution in [3.05, 3.63) is 17.5 Å². The van der Waals surface area contributed by atoms with Crippen LogP contribution in [0.15, 0.2) is 6.20 Å². The van der Waals surface area contributed by atoms with Gasteiger partial charge in [-0.25, -0.2) is 0 Å². The van der Waals surface area contributed by atoms with Crippen LogP contribution in [0, 0.1) is 12.8 Å². The topological polar surface area (TPSA) is 67.2 Å². The molecule has 2 N–H and O–H groups in total. The molecule has 0 radical (unpaired) electrons. The first-order valence-electron chi connectivity index (χ1n) is 7.53. The van der Waals surface area contributed by atoms with Crippen LogP contribution in [0.2, 0.25) is 0 Å². The monoisotopic (exact) mass is 279 g/mol. The molecular weight excluding hydrogens is 254 g/mol. The van der Waals surface area contributed by atoms with Gasteiger partial charge in [-0.05, 0) is 32.1 Å². The van der Waals surface area contributed by atoms with Gasteiger partial charge in [0.15, 0.2) is 0 Å². The first-order valence-corrected chi connectivity index (χ1v) is 7.53. The molecule has 20 heavy (non-hydrogen) atoms. The molecule has 0 bridgehead atoms. The van der Waals surface area contributed by atoms with E-state index in [4.69, 9.17) is 0 Å². The summed E-state index contributed by atoms with van der Waals surface area (Å²) in [5, 5.41) is 16.6. The van der Waals surface area contributed by atoms with Gasteiger partial charge in [0.05, 0.1) is 11.3 Å². The fraction of sp³-hybridized carbons (Fsp3) is 0.733. The summed E-state index contributed by atoms with van der Waals surface area (Å²) in [5.74, 6) is 0.427. The third-order valence-electron chi connectivity index (χ3n) is 4.23. The Hall–Kier alpha value is -1.36. The third kappa shape index (κ3) is 3.60. The Kier molecular flexibility index (Phi) is 5.17. The summed E-state index contributed by atoms with van der Waals surface area (Å²) in [6.45, 7) is 1.96. The number of nitrogens with one attached hydrogen (secondary N) is 1. The van der Waals surface area contributed by atoms with Crippen LogP contribution in [0.25, 0.3) is 0 Å². The number of rotatable bonds is 5. The zero-order chi connectivity index (χ0) is 14.5. The molecule has 112 valence electrons. The molecule has 1 fully saturated rings. The van der Waals surface area contributed by atoms with E-state index in [2.05, 4.69) is 10.4 Å². The van der Waals surface area contributed by atoms with E-state index < -0.39 is 0 Å². The van der Waals surface area contributed by atoms with Crippen LogP contribution in [0.1, 0.15) is 54.6 Å². The third-order valence-corrected chi connectivity index (χ3v) is 4.23. The number of hydrogen-bond donors (Lipinski definition) is 2. The summed E-state index contributed by atoms with van der Waals surface area (Å²) in [5.41, 5.74) is 1.38. The van der Waals surface area contributed by atoms with Gasteiger partial charge in [-0.3, -0.25) is 9.48 Å². The lowest BCUT2D eigenvalue weighted by Crippen LogP contribution is -2.41. The molecule has 1 aliphatic rings. The lowest BCUT2D eigenvalue weighted by molar-refractivity contribution is 0.0899. The summed E-state index contributed by atoms with van der Waals surface area (Å²) in [4.78, 5) is 12.4. The Labute approximate surface area is 120 Å². The fourth-order valence-electron chi connectivity index (χ4n) is 3.17. The minimum absolute atomic E-state index is 0.0698. The van der Waals surface area contributed by atoms with Crippen molar-refractivity contribution < 1.29 is 9.90 Å². The van der Waals surface area contributed by atoms with Crippen LogP contribution in [0.5, 0.6) is 0 Å². The standard InChI is InChI=1S/C15H25N3O2/c1-11-13(10-18(2)17-11)15(20)16-14(8-9-19)12-6-4-3-5-7-12/h10,12,14,19H,3-9H2,1-2H3,(H,16,20). The number of aryl methyl sites for hydroxylation is 2. The van der Waals surface area contributed by atoms with Gasteiger partial charge in [0.25, 0.3) is 5.91 Å². The van der Waals surface area contributed by atoms with Crippen LogP contribution in [-0.2, 0) is 7.05 Å². The second kappa shape index (κ2) is 6.88. The summed E-state index contributed by atoms with van der Waals surface area (Å²) >= 11 is 0. The summed E-state index contributed by atoms with van der Waals surface area (Å²) in [6.07, 6.45) is 8.44. The van der Waals surface area contributed by atoms with Crippen LogP contribution >= 0.6 is 0 Å². The predicted molar refractivity (Wildman–Crippen MR) is 77.5 cm³/mol. The second-order valence-electron chi connectivity index (χ2n) is 5.79. The molecule has 0 aromatic carbocycles. The zero-order valence-corrected chi connectivity index (χ0v) is 12.4. The van der Waals surface area contributed by atoms with Gasteiger partial charge >= 0.3 is 0 Å². The molecule has 1 unspecified atom stereocenters. The SMILES string of the molecule is Cc1nn(C)cc1C(=O)NC(CCO)C1CCCCC1. The Morgan fingerprint density at radius 2 is 2.20 bits per heavy atom. The molecule has 5 nitrogen and oxygen atoms in total. The van der Waals surface area contributed by atoms with Crippen molar-refractivity contribution in [1.82, 2.24) is 15.1 Å². The maximum Gasteiger partial charge on any atom is 0.254 e. The van der Waals surface area contributed by atoms with E-state index in [0.717, 1.165) is 18.5 Å². The van der Waals surface area contributed by atoms with Gasteiger partial charge in [-0.2, -0.15) is 5.10 Å². The van der Waals surface area contributed by atoms with Gasteiger partial charge in [0.1, 0.15) is 0 Å². The van der Waals surface area contributed by atoms with E-state index in [1.165, 1.54) is 19.3 Å². The lowest BCUT2D eigenvalue weighted by atomic mass is 9.82. The number of aromatic nitrogens is 2. The zero-order valence-electron chi connectivity index (χ0n) is 12.4. The summed E-state index contributed by atoms with van der Waals surface area (Å²) < 4.78 is 1.66. The average Bonchev–Trinajstić information content (AvgIpc) is 2.78. The van der Waals surface area contributed by atoms with Gasteiger partial charge < -0.3 is 10.4 Å². The van der Waals surface area contributed by atoms with Gasteiger partial charge in [0.2, 0.25) is 0 Å². The van der Waals surface area contributed by atoms with Crippen molar-refractivity contribution in [1.29, 1.82) is 0 Å². The van der Waals surface area contributed by atoms with Crippen molar-refractivity contribution >= 4 is 5.91 Å². The highest BCUT2D eigenvalue weighted by molar-refractivity contribution is 5.95. The molecule has 1 atom stereocenters. The molecule has 1 aliphatic carbocycles. The Balaban J connectivity index is 2.03. The van der Waals surface area contributed by atoms with E-state index >= 15 is 0 Å². The first-order chi connectivity index (χ1) is 9.61. The number of nitrogens with zero attached hydrogens (tertiary/aromatic N) is 2. The average molecular weight is 279 g/mol. The minimum atomic E-state index is -0.0698. The number of carbonyl (C=O) groups excluding carboxylic acids is 1. The van der Waals surface area contributed by atoms with Crippen molar-refractivity contribution in [2.75, 3.05) is 6.61 Å². The molecular formula is C15H25N3O2. The van der Waals surface area contributed by atoms with Crippen LogP contribution in [0.3, 0.4) is 0 Å². The van der Waals surface area contributed by atoms with Gasteiger partial charge in [-0.15, -0.1) is 0 Å². The molecule has 0 spiro atoms. The fourth-order valence-corrected chi connectivity index (χ4v) is 3.17. The van der Waals surface area contributed by atoms with E-state index in [9.17, 15) is 9.90 Å². The van der Waals surface area contributed by atoms with Crippen LogP contribution < -0.4 is 5.32 Å². The molecule has 1 aromatic heterocycles. The molecule has 0 aliphatic heterocycles. The highest BCUT2D eigenvalue weighted by Gasteiger charge is 2.25. The molecule has 5 heteroatoms. The summed E-state index contributed by atoms with van der Waals surface area (Å²) in [6, 6.07) is 0.0763. The Morgan fingerprint density at radius 3 is 2.75 bits per heavy atom. The van der Waals surface area contributed by atoms with Gasteiger partial charge in [0, 0.05) is 25.9 Å². The minimum Gasteiger partial charge on any atom is -0.396 e. The maximum absolute atomic E-state index is 12.4. The first kappa shape index (κ1) is 15.0. The quantitative estimate of drug-likeness (QED) is 0.863. The number of aliphatic hydroxyl groups excluding tert-OH is 1. The molecule has 1 aromatic rings. The summed E-state index contributed by atoms with van der Waals surface area (Å²) in [7, 11) is 1.82. The number of amides is 1. The van der Waals surface area contributed by atoms with E-state index in [1.807, 2.05) is 14.0 Å². The van der Waals surface area contributed by atoms with Crippen LogP contribution in [-0.4, -0.2) is 33.4 Å². The Bertz CT molecular complexity index is 450. The van der Waals surface area contributed by atoms with Crippen molar-refractivity contribution in [3.8, 4) is 0 Å². The maximum atomic E-state index is 12.4. The number of aliphatic hydroxyl groups is 1. The van der Waals surface area contributed by atoms with E-state index in [-0.39, 0.29) is 18.6 Å². The number of hydrogen-bond acceptors (Lipinski definition) is 3. The number of carbonyl (C=O) groups is 1. The predicted octanol–water partition coefficient (Wildman–Crippen LogP) is 1.79. The second-order valence-corrected chi connectivity index (χ2v) is 5.79. The smallest absolute Gasteiger partial charge is 0.254 e. The largest absolute Gasteiger partial charge is 0.396 e. The normalized spacial score (nSPS) is 17.9. The van der Waals surface area contributed by atoms with Crippen molar-refractivity contribution in [3.63, 3.8) is 0 Å². The van der Waals surface area contributed by atoms with E-state index in [0.29, 0.717) is 17.9 Å². The molecule has 1 amide bonds. The van der Waals surface area contributed by atoms with E-state index in [1.54, 1.807) is 10.9 Å². The van der Waals surface area contributed by atoms with Crippen molar-refractivity contribution in [2.24, 2.45) is 13.0 Å². The lowest BCUT2D eigenvalue weighted by Gasteiger charge is -2.30. The molecule has 1 heterocycles.